The normalized spacial score (nSPS) is 25.0. The van der Waals surface area contributed by atoms with Gasteiger partial charge in [0.25, 0.3) is 0 Å². The fraction of sp³-hybridized carbons (Fsp3) is 0.348. The van der Waals surface area contributed by atoms with Gasteiger partial charge >= 0.3 is 0 Å². The van der Waals surface area contributed by atoms with E-state index in [1.54, 1.807) is 31.2 Å². The molecule has 0 spiro atoms. The van der Waals surface area contributed by atoms with Gasteiger partial charge in [0, 0.05) is 18.7 Å². The van der Waals surface area contributed by atoms with Crippen LogP contribution in [0.15, 0.2) is 48.5 Å². The van der Waals surface area contributed by atoms with Crippen molar-refractivity contribution in [1.82, 2.24) is 10.2 Å². The Balaban J connectivity index is 1.45. The average molecular weight is 391 g/mol. The summed E-state index contributed by atoms with van der Waals surface area (Å²) in [6.45, 7) is 2.95. The average Bonchev–Trinajstić information content (AvgIpc) is 3.35. The number of para-hydroxylation sites is 1. The molecule has 1 aliphatic carbocycles. The van der Waals surface area contributed by atoms with Gasteiger partial charge in [-0.25, -0.2) is 0 Å². The summed E-state index contributed by atoms with van der Waals surface area (Å²) in [6, 6.07) is 15.0. The van der Waals surface area contributed by atoms with Gasteiger partial charge in [0.15, 0.2) is 5.78 Å². The second-order valence-corrected chi connectivity index (χ2v) is 8.37. The number of Topliss-reactive ketones (excluding diaryl/α,β-unsaturated/α-hetero) is 1. The first-order valence-electron chi connectivity index (χ1n) is 9.77. The van der Waals surface area contributed by atoms with Crippen molar-refractivity contribution in [1.29, 1.82) is 0 Å². The molecule has 150 valence electrons. The number of nitrogens with one attached hydrogen (secondary N) is 2. The van der Waals surface area contributed by atoms with E-state index in [9.17, 15) is 14.4 Å². The fourth-order valence-corrected chi connectivity index (χ4v) is 4.36. The third kappa shape index (κ3) is 3.34. The lowest BCUT2D eigenvalue weighted by molar-refractivity contribution is -0.125. The first-order valence-corrected chi connectivity index (χ1v) is 9.77. The second-order valence-electron chi connectivity index (χ2n) is 8.37. The van der Waals surface area contributed by atoms with E-state index < -0.39 is 17.3 Å². The third-order valence-corrected chi connectivity index (χ3v) is 5.99. The molecule has 0 radical (unpaired) electrons. The predicted octanol–water partition coefficient (Wildman–Crippen LogP) is 2.45. The van der Waals surface area contributed by atoms with E-state index >= 15 is 0 Å². The van der Waals surface area contributed by atoms with E-state index in [1.807, 2.05) is 38.4 Å². The van der Waals surface area contributed by atoms with Crippen molar-refractivity contribution in [2.75, 3.05) is 19.4 Å². The van der Waals surface area contributed by atoms with Crippen LogP contribution in [0.25, 0.3) is 0 Å². The quantitative estimate of drug-likeness (QED) is 0.821. The SMILES string of the molecule is CN(C)Cc1ccc(CNC(=O)[C@@H]2C3C(=O)Nc4ccccc4C(=O)[C@@]32C)cc1. The molecule has 6 heteroatoms. The summed E-state index contributed by atoms with van der Waals surface area (Å²) in [6.07, 6.45) is 0. The van der Waals surface area contributed by atoms with Crippen LogP contribution in [0.5, 0.6) is 0 Å². The molecule has 4 rings (SSSR count). The van der Waals surface area contributed by atoms with Gasteiger partial charge in [0.05, 0.1) is 22.9 Å². The van der Waals surface area contributed by atoms with Gasteiger partial charge in [-0.2, -0.15) is 0 Å². The number of hydrogen-bond acceptors (Lipinski definition) is 4. The standard InChI is InChI=1S/C23H25N3O3/c1-23-18(19(23)22(29)25-17-7-5-4-6-16(17)20(23)27)21(28)24-12-14-8-10-15(11-9-14)13-26(2)3/h4-11,18-19H,12-13H2,1-3H3,(H,24,28)(H,25,29)/t18-,19?,23+/m0/s1. The number of amides is 2. The number of anilines is 1. The Morgan fingerprint density at radius 2 is 1.72 bits per heavy atom. The van der Waals surface area contributed by atoms with Gasteiger partial charge < -0.3 is 15.5 Å². The van der Waals surface area contributed by atoms with Gasteiger partial charge in [-0.3, -0.25) is 14.4 Å². The van der Waals surface area contributed by atoms with Crippen LogP contribution in [-0.2, 0) is 22.7 Å². The highest BCUT2D eigenvalue weighted by Gasteiger charge is 2.73. The molecule has 2 N–H and O–H groups in total. The number of benzene rings is 2. The van der Waals surface area contributed by atoms with Crippen LogP contribution in [0.1, 0.15) is 28.4 Å². The third-order valence-electron chi connectivity index (χ3n) is 5.99. The molecule has 1 unspecified atom stereocenters. The maximum Gasteiger partial charge on any atom is 0.229 e. The summed E-state index contributed by atoms with van der Waals surface area (Å²) < 4.78 is 0. The first-order chi connectivity index (χ1) is 13.8. The van der Waals surface area contributed by atoms with Crippen LogP contribution in [0.2, 0.25) is 0 Å². The molecule has 1 fully saturated rings. The number of rotatable bonds is 5. The highest BCUT2D eigenvalue weighted by molar-refractivity contribution is 6.19. The maximum atomic E-state index is 13.1. The molecular weight excluding hydrogens is 366 g/mol. The molecule has 2 aromatic carbocycles. The smallest absolute Gasteiger partial charge is 0.229 e. The van der Waals surface area contributed by atoms with Crippen molar-refractivity contribution in [2.24, 2.45) is 17.3 Å². The van der Waals surface area contributed by atoms with Gasteiger partial charge in [-0.1, -0.05) is 43.3 Å². The van der Waals surface area contributed by atoms with Crippen molar-refractivity contribution in [2.45, 2.75) is 20.0 Å². The first kappa shape index (κ1) is 19.3. The molecule has 1 saturated carbocycles. The zero-order valence-corrected chi connectivity index (χ0v) is 16.9. The Kier molecular flexibility index (Phi) is 4.74. The number of hydrogen-bond donors (Lipinski definition) is 2. The fourth-order valence-electron chi connectivity index (χ4n) is 4.36. The summed E-state index contributed by atoms with van der Waals surface area (Å²) in [4.78, 5) is 40.6. The van der Waals surface area contributed by atoms with Gasteiger partial charge in [0.2, 0.25) is 11.8 Å². The highest BCUT2D eigenvalue weighted by atomic mass is 16.2. The highest BCUT2D eigenvalue weighted by Crippen LogP contribution is 2.62. The van der Waals surface area contributed by atoms with Crippen LogP contribution in [0, 0.1) is 17.3 Å². The Bertz CT molecular complexity index is 983. The van der Waals surface area contributed by atoms with Crippen molar-refractivity contribution in [3.63, 3.8) is 0 Å². The molecule has 29 heavy (non-hydrogen) atoms. The Hall–Kier alpha value is -2.99. The second kappa shape index (κ2) is 7.12. The van der Waals surface area contributed by atoms with Gasteiger partial charge in [-0.15, -0.1) is 0 Å². The molecule has 0 saturated heterocycles. The topological polar surface area (TPSA) is 78.5 Å². The molecule has 2 aromatic rings. The van der Waals surface area contributed by atoms with E-state index in [2.05, 4.69) is 15.5 Å². The Morgan fingerprint density at radius 3 is 2.41 bits per heavy atom. The Labute approximate surface area is 170 Å². The van der Waals surface area contributed by atoms with Crippen LogP contribution in [0.3, 0.4) is 0 Å². The number of carbonyl (C=O) groups excluding carboxylic acids is 3. The van der Waals surface area contributed by atoms with Crippen LogP contribution in [0.4, 0.5) is 5.69 Å². The lowest BCUT2D eigenvalue weighted by Crippen LogP contribution is -2.29. The Morgan fingerprint density at radius 1 is 1.07 bits per heavy atom. The molecule has 3 atom stereocenters. The zero-order valence-electron chi connectivity index (χ0n) is 16.9. The lowest BCUT2D eigenvalue weighted by Gasteiger charge is -2.13. The summed E-state index contributed by atoms with van der Waals surface area (Å²) in [5.74, 6) is -1.94. The van der Waals surface area contributed by atoms with Crippen LogP contribution < -0.4 is 10.6 Å². The van der Waals surface area contributed by atoms with E-state index in [-0.39, 0.29) is 17.6 Å². The van der Waals surface area contributed by atoms with Crippen molar-refractivity contribution in [3.8, 4) is 0 Å². The molecule has 0 aromatic heterocycles. The molecule has 0 bridgehead atoms. The van der Waals surface area contributed by atoms with Crippen molar-refractivity contribution < 1.29 is 14.4 Å². The number of carbonyl (C=O) groups is 3. The van der Waals surface area contributed by atoms with Crippen molar-refractivity contribution in [3.05, 3.63) is 65.2 Å². The molecule has 2 aliphatic rings. The molecule has 1 aliphatic heterocycles. The largest absolute Gasteiger partial charge is 0.352 e. The monoisotopic (exact) mass is 391 g/mol. The molecule has 1 heterocycles. The lowest BCUT2D eigenvalue weighted by atomic mass is 9.92. The minimum Gasteiger partial charge on any atom is -0.352 e. The molecule has 2 amide bonds. The van der Waals surface area contributed by atoms with Gasteiger partial charge in [0.1, 0.15) is 0 Å². The summed E-state index contributed by atoms with van der Waals surface area (Å²) >= 11 is 0. The van der Waals surface area contributed by atoms with Crippen LogP contribution >= 0.6 is 0 Å². The number of nitrogens with zero attached hydrogens (tertiary/aromatic N) is 1. The number of ketones is 1. The van der Waals surface area contributed by atoms with Crippen molar-refractivity contribution >= 4 is 23.3 Å². The van der Waals surface area contributed by atoms with E-state index in [0.717, 1.165) is 12.1 Å². The summed E-state index contributed by atoms with van der Waals surface area (Å²) in [5.41, 5.74) is 2.18. The molecular formula is C23H25N3O3. The predicted molar refractivity (Wildman–Crippen MR) is 110 cm³/mol. The maximum absolute atomic E-state index is 13.1. The van der Waals surface area contributed by atoms with Crippen LogP contribution in [-0.4, -0.2) is 36.6 Å². The van der Waals surface area contributed by atoms with E-state index in [4.69, 9.17) is 0 Å². The molecule has 6 nitrogen and oxygen atoms in total. The number of fused-ring (bicyclic) bond motifs is 2. The summed E-state index contributed by atoms with van der Waals surface area (Å²) in [7, 11) is 4.03. The van der Waals surface area contributed by atoms with Gasteiger partial charge in [-0.05, 0) is 37.4 Å². The minimum absolute atomic E-state index is 0.148. The van der Waals surface area contributed by atoms with E-state index in [1.165, 1.54) is 5.56 Å². The summed E-state index contributed by atoms with van der Waals surface area (Å²) in [5, 5.41) is 5.71. The van der Waals surface area contributed by atoms with E-state index in [0.29, 0.717) is 17.8 Å². The zero-order chi connectivity index (χ0) is 20.8. The minimum atomic E-state index is -0.990.